The van der Waals surface area contributed by atoms with Crippen molar-refractivity contribution in [1.29, 1.82) is 0 Å². The van der Waals surface area contributed by atoms with Crippen molar-refractivity contribution < 1.29 is 24.1 Å². The Bertz CT molecular complexity index is 2000. The lowest BCUT2D eigenvalue weighted by Gasteiger charge is -2.12. The van der Waals surface area contributed by atoms with Gasteiger partial charge in [-0.05, 0) is 56.7 Å². The highest BCUT2D eigenvalue weighted by atomic mass is 35.5. The summed E-state index contributed by atoms with van der Waals surface area (Å²) in [4.78, 5) is 12.0. The molecule has 0 bridgehead atoms. The van der Waals surface area contributed by atoms with Gasteiger partial charge in [0.05, 0.1) is 30.3 Å². The molecule has 2 N–H and O–H groups in total. The average molecular weight is 833 g/mol. The first-order valence-corrected chi connectivity index (χ1v) is 19.2. The molecule has 6 aromatic heterocycles. The fourth-order valence-electron chi connectivity index (χ4n) is 5.83. The maximum absolute atomic E-state index is 8.44. The topological polar surface area (TPSA) is 185 Å². The summed E-state index contributed by atoms with van der Waals surface area (Å²) < 4.78 is 21.8. The Balaban J connectivity index is 0.000000131. The minimum atomic E-state index is 0.152. The van der Waals surface area contributed by atoms with Gasteiger partial charge in [0.1, 0.15) is 6.61 Å². The van der Waals surface area contributed by atoms with E-state index in [1.807, 2.05) is 12.1 Å². The van der Waals surface area contributed by atoms with Crippen LogP contribution in [0.25, 0.3) is 32.3 Å². The van der Waals surface area contributed by atoms with Gasteiger partial charge >= 0.3 is 0 Å². The van der Waals surface area contributed by atoms with E-state index >= 15 is 0 Å². The maximum atomic E-state index is 8.44. The number of aromatic nitrogens is 9. The second-order valence-electron chi connectivity index (χ2n) is 12.5. The standard InChI is InChI=1S/C12H13ClN4O.C12H12ClN3O2.C7H3Cl2N3.C5H10O2/c13-11-9-3-4-14-7-10(9)12(17-16-11)15-6-8-2-1-5-18-8;13-11-10-6-14-4-3-9(10)12(16-15-11)18-7-8-2-1-5-17-8;8-6-4-1-2-10-3-5(4)7(9)12-11-6;6-4-5-2-1-3-7-5/h3-4,7-8H,1-2,5-6H2,(H,15,17);3-4,6,8H,1-2,5,7H2;1-3H;5-6H,1-4H2/t2*8-;;5-/m11.1/s1. The molecule has 290 valence electrons. The molecule has 19 heteroatoms. The maximum Gasteiger partial charge on any atom is 0.241 e. The molecule has 3 aliphatic rings. The minimum absolute atomic E-state index is 0.152. The van der Waals surface area contributed by atoms with Crippen LogP contribution in [0.5, 0.6) is 5.88 Å². The molecule has 0 amide bonds. The Morgan fingerprint density at radius 1 is 0.582 bits per heavy atom. The molecule has 0 spiro atoms. The number of nitrogens with zero attached hydrogens (tertiary/aromatic N) is 9. The molecule has 0 unspecified atom stereocenters. The van der Waals surface area contributed by atoms with Crippen LogP contribution >= 0.6 is 46.4 Å². The summed E-state index contributed by atoms with van der Waals surface area (Å²) in [6.45, 7) is 3.92. The fraction of sp³-hybridized carbons (Fsp3) is 0.417. The van der Waals surface area contributed by atoms with Crippen LogP contribution in [0.15, 0.2) is 55.4 Å². The summed E-state index contributed by atoms with van der Waals surface area (Å²) in [6, 6.07) is 5.41. The normalized spacial score (nSPS) is 18.9. The van der Waals surface area contributed by atoms with Gasteiger partial charge < -0.3 is 29.4 Å². The lowest BCUT2D eigenvalue weighted by Crippen LogP contribution is -2.19. The third-order valence-electron chi connectivity index (χ3n) is 8.71. The zero-order chi connectivity index (χ0) is 38.4. The fourth-order valence-corrected chi connectivity index (χ4v) is 6.61. The molecule has 9 rings (SSSR count). The molecule has 6 aromatic rings. The van der Waals surface area contributed by atoms with Gasteiger partial charge in [0.25, 0.3) is 0 Å². The lowest BCUT2D eigenvalue weighted by atomic mass is 10.2. The first kappa shape index (κ1) is 40.7. The van der Waals surface area contributed by atoms with Gasteiger partial charge in [-0.25, -0.2) is 0 Å². The molecule has 0 aromatic carbocycles. The van der Waals surface area contributed by atoms with Crippen LogP contribution in [0.3, 0.4) is 0 Å². The molecule has 3 fully saturated rings. The predicted molar refractivity (Wildman–Crippen MR) is 210 cm³/mol. The molecular weight excluding hydrogens is 794 g/mol. The molecular formula is C36H38Cl4N10O5. The number of aliphatic hydroxyl groups excluding tert-OH is 1. The highest BCUT2D eigenvalue weighted by Crippen LogP contribution is 2.28. The highest BCUT2D eigenvalue weighted by molar-refractivity contribution is 6.38. The average Bonchev–Trinajstić information content (AvgIpc) is 4.06. The van der Waals surface area contributed by atoms with Crippen molar-refractivity contribution in [3.63, 3.8) is 0 Å². The third-order valence-corrected chi connectivity index (χ3v) is 9.83. The molecule has 55 heavy (non-hydrogen) atoms. The van der Waals surface area contributed by atoms with Gasteiger partial charge in [-0.2, -0.15) is 0 Å². The summed E-state index contributed by atoms with van der Waals surface area (Å²) in [5.74, 6) is 1.19. The highest BCUT2D eigenvalue weighted by Gasteiger charge is 2.19. The third kappa shape index (κ3) is 11.3. The SMILES string of the molecule is Clc1nnc(Cl)c2cnccc12.Clc1nnc(NC[C@H]2CCCO2)c2cnccc12.Clc1nnc(OC[C@H]2CCCO2)c2ccncc12.OC[C@H]1CCCO1. The van der Waals surface area contributed by atoms with Crippen LogP contribution in [0, 0.1) is 0 Å². The van der Waals surface area contributed by atoms with Crippen LogP contribution in [0.4, 0.5) is 5.82 Å². The Morgan fingerprint density at radius 3 is 1.60 bits per heavy atom. The molecule has 15 nitrogen and oxygen atoms in total. The molecule has 3 atom stereocenters. The van der Waals surface area contributed by atoms with E-state index in [4.69, 9.17) is 70.5 Å². The molecule has 0 saturated carbocycles. The Labute approximate surface area is 336 Å². The molecule has 0 aliphatic carbocycles. The van der Waals surface area contributed by atoms with E-state index in [0.717, 1.165) is 97.2 Å². The molecule has 9 heterocycles. The van der Waals surface area contributed by atoms with Crippen LogP contribution in [-0.4, -0.2) is 109 Å². The van der Waals surface area contributed by atoms with Gasteiger partial charge in [-0.1, -0.05) is 46.4 Å². The van der Waals surface area contributed by atoms with E-state index in [0.29, 0.717) is 38.9 Å². The number of aliphatic hydroxyl groups is 1. The van der Waals surface area contributed by atoms with Crippen LogP contribution in [0.1, 0.15) is 38.5 Å². The van der Waals surface area contributed by atoms with E-state index in [1.54, 1.807) is 43.2 Å². The number of hydrogen-bond donors (Lipinski definition) is 2. The largest absolute Gasteiger partial charge is 0.473 e. The number of nitrogens with one attached hydrogen (secondary N) is 1. The molecule has 0 radical (unpaired) electrons. The Hall–Kier alpha value is -3.93. The van der Waals surface area contributed by atoms with Crippen molar-refractivity contribution in [2.24, 2.45) is 0 Å². The number of ether oxygens (including phenoxy) is 4. The van der Waals surface area contributed by atoms with Crippen molar-refractivity contribution in [2.45, 2.75) is 56.8 Å². The van der Waals surface area contributed by atoms with Gasteiger partial charge in [0.2, 0.25) is 5.88 Å². The van der Waals surface area contributed by atoms with E-state index < -0.39 is 0 Å². The molecule has 3 aliphatic heterocycles. The number of hydrogen-bond acceptors (Lipinski definition) is 15. The van der Waals surface area contributed by atoms with Crippen LogP contribution < -0.4 is 10.1 Å². The quantitative estimate of drug-likeness (QED) is 0.168. The van der Waals surface area contributed by atoms with Crippen molar-refractivity contribution in [1.82, 2.24) is 45.5 Å². The zero-order valence-electron chi connectivity index (χ0n) is 29.5. The van der Waals surface area contributed by atoms with Gasteiger partial charge in [-0.3, -0.25) is 15.0 Å². The molecule has 3 saturated heterocycles. The second kappa shape index (κ2) is 20.8. The van der Waals surface area contributed by atoms with E-state index in [9.17, 15) is 0 Å². The van der Waals surface area contributed by atoms with E-state index in [-0.39, 0.29) is 24.9 Å². The first-order valence-electron chi connectivity index (χ1n) is 17.7. The number of halogens is 4. The number of pyridine rings is 3. The first-order chi connectivity index (χ1) is 26.9. The monoisotopic (exact) mass is 830 g/mol. The van der Waals surface area contributed by atoms with Crippen molar-refractivity contribution >= 4 is 84.5 Å². The number of rotatable bonds is 7. The van der Waals surface area contributed by atoms with Crippen molar-refractivity contribution in [3.8, 4) is 5.88 Å². The summed E-state index contributed by atoms with van der Waals surface area (Å²) in [5.41, 5.74) is 0. The van der Waals surface area contributed by atoms with Gasteiger partial charge in [0, 0.05) is 90.5 Å². The van der Waals surface area contributed by atoms with Gasteiger partial charge in [-0.15, -0.1) is 30.6 Å². The van der Waals surface area contributed by atoms with E-state index in [1.165, 1.54) is 0 Å². The summed E-state index contributed by atoms with van der Waals surface area (Å²) >= 11 is 23.5. The predicted octanol–water partition coefficient (Wildman–Crippen LogP) is 6.99. The summed E-state index contributed by atoms with van der Waals surface area (Å²) in [7, 11) is 0. The number of anilines is 1. The second-order valence-corrected chi connectivity index (χ2v) is 13.9. The summed E-state index contributed by atoms with van der Waals surface area (Å²) in [5, 5.41) is 41.1. The van der Waals surface area contributed by atoms with Crippen LogP contribution in [-0.2, 0) is 14.2 Å². The van der Waals surface area contributed by atoms with Crippen molar-refractivity contribution in [3.05, 3.63) is 76.0 Å². The minimum Gasteiger partial charge on any atom is -0.473 e. The smallest absolute Gasteiger partial charge is 0.241 e. The van der Waals surface area contributed by atoms with Gasteiger partial charge in [0.15, 0.2) is 26.4 Å². The zero-order valence-corrected chi connectivity index (χ0v) is 32.6. The Morgan fingerprint density at radius 2 is 1.05 bits per heavy atom. The summed E-state index contributed by atoms with van der Waals surface area (Å²) in [6.07, 6.45) is 17.1. The van der Waals surface area contributed by atoms with Crippen LogP contribution in [0.2, 0.25) is 20.6 Å². The van der Waals surface area contributed by atoms with Crippen molar-refractivity contribution in [2.75, 3.05) is 44.9 Å². The lowest BCUT2D eigenvalue weighted by molar-refractivity contribution is 0.0591. The Kier molecular flexibility index (Phi) is 15.4. The van der Waals surface area contributed by atoms with E-state index in [2.05, 4.69) is 50.9 Å². The number of fused-ring (bicyclic) bond motifs is 3.